The highest BCUT2D eigenvalue weighted by atomic mass is 19.4. The largest absolute Gasteiger partial charge is 0.573 e. The summed E-state index contributed by atoms with van der Waals surface area (Å²) < 4.78 is 40.5. The van der Waals surface area contributed by atoms with Gasteiger partial charge in [0.1, 0.15) is 11.7 Å². The molecule has 0 aromatic heterocycles. The topological polar surface area (TPSA) is 75.6 Å². The Hall–Kier alpha value is -2.25. The molecule has 0 radical (unpaired) electrons. The average Bonchev–Trinajstić information content (AvgIpc) is 2.37. The van der Waals surface area contributed by atoms with Crippen LogP contribution in [0.5, 0.6) is 5.75 Å². The summed E-state index contributed by atoms with van der Waals surface area (Å²) in [6, 6.07) is 5.55. The molecule has 0 aliphatic heterocycles. The Morgan fingerprint density at radius 2 is 1.95 bits per heavy atom. The maximum Gasteiger partial charge on any atom is 0.573 e. The highest BCUT2D eigenvalue weighted by Crippen LogP contribution is 2.26. The van der Waals surface area contributed by atoms with E-state index in [4.69, 9.17) is 5.11 Å². The van der Waals surface area contributed by atoms with Gasteiger partial charge in [0.2, 0.25) is 5.91 Å². The van der Waals surface area contributed by atoms with Gasteiger partial charge < -0.3 is 15.2 Å². The number of carbonyl (C=O) groups excluding carboxylic acids is 1. The molecule has 1 aromatic rings. The standard InChI is InChI=1S/C13H14F3NO4/c1-8(12(19)20)11(18)17-7-6-9-4-2-3-5-10(9)21-13(14,15)16/h2-5,8H,6-7H2,1H3,(H,17,18)(H,19,20). The summed E-state index contributed by atoms with van der Waals surface area (Å²) in [6.07, 6.45) is -4.71. The molecule has 1 amide bonds. The molecule has 5 nitrogen and oxygen atoms in total. The molecule has 1 aromatic carbocycles. The van der Waals surface area contributed by atoms with Crippen LogP contribution < -0.4 is 10.1 Å². The maximum absolute atomic E-state index is 12.2. The van der Waals surface area contributed by atoms with Gasteiger partial charge in [0.15, 0.2) is 0 Å². The Morgan fingerprint density at radius 3 is 2.52 bits per heavy atom. The van der Waals surface area contributed by atoms with E-state index in [1.165, 1.54) is 25.1 Å². The Kier molecular flexibility index (Phi) is 5.57. The van der Waals surface area contributed by atoms with Crippen LogP contribution >= 0.6 is 0 Å². The first-order valence-electron chi connectivity index (χ1n) is 6.05. The molecule has 1 atom stereocenters. The summed E-state index contributed by atoms with van der Waals surface area (Å²) in [5.74, 6) is -3.53. The SMILES string of the molecule is CC(C(=O)O)C(=O)NCCc1ccccc1OC(F)(F)F. The predicted molar refractivity (Wildman–Crippen MR) is 66.6 cm³/mol. The molecule has 0 saturated heterocycles. The number of carboxylic acid groups (broad SMARTS) is 1. The molecule has 0 aliphatic carbocycles. The van der Waals surface area contributed by atoms with Gasteiger partial charge in [-0.2, -0.15) is 0 Å². The van der Waals surface area contributed by atoms with E-state index in [1.807, 2.05) is 0 Å². The number of hydrogen-bond acceptors (Lipinski definition) is 3. The van der Waals surface area contributed by atoms with E-state index >= 15 is 0 Å². The molecule has 1 unspecified atom stereocenters. The van der Waals surface area contributed by atoms with Crippen molar-refractivity contribution in [2.24, 2.45) is 5.92 Å². The van der Waals surface area contributed by atoms with Crippen molar-refractivity contribution < 1.29 is 32.6 Å². The minimum absolute atomic E-state index is 0.00861. The van der Waals surface area contributed by atoms with E-state index in [2.05, 4.69) is 10.1 Å². The van der Waals surface area contributed by atoms with Gasteiger partial charge in [-0.3, -0.25) is 9.59 Å². The molecule has 8 heteroatoms. The molecule has 21 heavy (non-hydrogen) atoms. The van der Waals surface area contributed by atoms with E-state index < -0.39 is 24.2 Å². The van der Waals surface area contributed by atoms with Crippen molar-refractivity contribution in [2.45, 2.75) is 19.7 Å². The number of carboxylic acids is 1. The zero-order valence-corrected chi connectivity index (χ0v) is 11.1. The van der Waals surface area contributed by atoms with Gasteiger partial charge >= 0.3 is 12.3 Å². The number of rotatable bonds is 6. The molecular weight excluding hydrogens is 291 g/mol. The molecule has 2 N–H and O–H groups in total. The van der Waals surface area contributed by atoms with E-state index in [0.29, 0.717) is 0 Å². The van der Waals surface area contributed by atoms with Gasteiger partial charge in [0.05, 0.1) is 0 Å². The van der Waals surface area contributed by atoms with Crippen molar-refractivity contribution >= 4 is 11.9 Å². The molecular formula is C13H14F3NO4. The second kappa shape index (κ2) is 6.96. The summed E-state index contributed by atoms with van der Waals surface area (Å²) in [6.45, 7) is 1.23. The van der Waals surface area contributed by atoms with Crippen molar-refractivity contribution in [3.8, 4) is 5.75 Å². The predicted octanol–water partition coefficient (Wildman–Crippen LogP) is 1.96. The van der Waals surface area contributed by atoms with Crippen LogP contribution in [-0.4, -0.2) is 29.9 Å². The van der Waals surface area contributed by atoms with Gasteiger partial charge in [-0.25, -0.2) is 0 Å². The molecule has 0 heterocycles. The Balaban J connectivity index is 2.60. The molecule has 0 spiro atoms. The van der Waals surface area contributed by atoms with Gasteiger partial charge in [0, 0.05) is 6.54 Å². The second-order valence-electron chi connectivity index (χ2n) is 4.26. The van der Waals surface area contributed by atoms with Crippen LogP contribution in [0, 0.1) is 5.92 Å². The lowest BCUT2D eigenvalue weighted by Crippen LogP contribution is -2.34. The van der Waals surface area contributed by atoms with Crippen molar-refractivity contribution in [3.05, 3.63) is 29.8 Å². The fraction of sp³-hybridized carbons (Fsp3) is 0.385. The minimum atomic E-state index is -4.79. The van der Waals surface area contributed by atoms with E-state index in [0.717, 1.165) is 0 Å². The van der Waals surface area contributed by atoms with Crippen LogP contribution in [0.15, 0.2) is 24.3 Å². The number of benzene rings is 1. The fourth-order valence-electron chi connectivity index (χ4n) is 1.52. The van der Waals surface area contributed by atoms with E-state index in [1.54, 1.807) is 6.07 Å². The molecule has 0 fully saturated rings. The summed E-state index contributed by atoms with van der Waals surface area (Å²) in [5, 5.41) is 11.0. The monoisotopic (exact) mass is 305 g/mol. The molecule has 1 rings (SSSR count). The summed E-state index contributed by atoms with van der Waals surface area (Å²) in [5.41, 5.74) is 0.262. The highest BCUT2D eigenvalue weighted by molar-refractivity contribution is 5.96. The number of para-hydroxylation sites is 1. The maximum atomic E-state index is 12.2. The number of carbonyl (C=O) groups is 2. The van der Waals surface area contributed by atoms with Crippen molar-refractivity contribution in [2.75, 3.05) is 6.54 Å². The number of ether oxygens (including phenoxy) is 1. The smallest absolute Gasteiger partial charge is 0.481 e. The summed E-state index contributed by atoms with van der Waals surface area (Å²) >= 11 is 0. The van der Waals surface area contributed by atoms with Crippen LogP contribution in [0.2, 0.25) is 0 Å². The van der Waals surface area contributed by atoms with Gasteiger partial charge in [-0.15, -0.1) is 13.2 Å². The van der Waals surface area contributed by atoms with E-state index in [9.17, 15) is 22.8 Å². The van der Waals surface area contributed by atoms with Crippen LogP contribution in [-0.2, 0) is 16.0 Å². The van der Waals surface area contributed by atoms with Crippen molar-refractivity contribution in [1.29, 1.82) is 0 Å². The zero-order valence-electron chi connectivity index (χ0n) is 11.1. The van der Waals surface area contributed by atoms with Gasteiger partial charge in [-0.1, -0.05) is 18.2 Å². The lowest BCUT2D eigenvalue weighted by molar-refractivity contribution is -0.274. The number of amides is 1. The Bertz CT molecular complexity index is 516. The first-order chi connectivity index (χ1) is 9.70. The van der Waals surface area contributed by atoms with Crippen LogP contribution in [0.3, 0.4) is 0 Å². The number of alkyl halides is 3. The lowest BCUT2D eigenvalue weighted by Gasteiger charge is -2.13. The van der Waals surface area contributed by atoms with Crippen molar-refractivity contribution in [3.63, 3.8) is 0 Å². The number of halogens is 3. The third kappa shape index (κ3) is 5.72. The normalized spacial score (nSPS) is 12.6. The number of aliphatic carboxylic acids is 1. The van der Waals surface area contributed by atoms with Crippen molar-refractivity contribution in [1.82, 2.24) is 5.32 Å². The number of hydrogen-bond donors (Lipinski definition) is 2. The average molecular weight is 305 g/mol. The Morgan fingerprint density at radius 1 is 1.33 bits per heavy atom. The second-order valence-corrected chi connectivity index (χ2v) is 4.26. The quantitative estimate of drug-likeness (QED) is 0.788. The first-order valence-corrected chi connectivity index (χ1v) is 6.05. The van der Waals surface area contributed by atoms with Crippen LogP contribution in [0.25, 0.3) is 0 Å². The lowest BCUT2D eigenvalue weighted by atomic mass is 10.1. The third-order valence-corrected chi connectivity index (χ3v) is 2.66. The molecule has 0 bridgehead atoms. The third-order valence-electron chi connectivity index (χ3n) is 2.66. The first kappa shape index (κ1) is 16.8. The minimum Gasteiger partial charge on any atom is -0.481 e. The molecule has 116 valence electrons. The Labute approximate surface area is 118 Å². The van der Waals surface area contributed by atoms with Crippen LogP contribution in [0.4, 0.5) is 13.2 Å². The fourth-order valence-corrected chi connectivity index (χ4v) is 1.52. The van der Waals surface area contributed by atoms with Gasteiger partial charge in [-0.05, 0) is 25.0 Å². The number of nitrogens with one attached hydrogen (secondary N) is 1. The highest BCUT2D eigenvalue weighted by Gasteiger charge is 2.31. The zero-order chi connectivity index (χ0) is 16.0. The molecule has 0 saturated carbocycles. The molecule has 0 aliphatic rings. The summed E-state index contributed by atoms with van der Waals surface area (Å²) in [4.78, 5) is 22.0. The van der Waals surface area contributed by atoms with E-state index in [-0.39, 0.29) is 24.3 Å². The van der Waals surface area contributed by atoms with Crippen LogP contribution in [0.1, 0.15) is 12.5 Å². The van der Waals surface area contributed by atoms with Gasteiger partial charge in [0.25, 0.3) is 0 Å². The summed E-state index contributed by atoms with van der Waals surface area (Å²) in [7, 11) is 0.